The fourth-order valence-corrected chi connectivity index (χ4v) is 2.94. The van der Waals surface area contributed by atoms with Gasteiger partial charge in [0.05, 0.1) is 13.3 Å². The van der Waals surface area contributed by atoms with Gasteiger partial charge in [0, 0.05) is 11.1 Å². The van der Waals surface area contributed by atoms with Crippen LogP contribution in [0.1, 0.15) is 25.3 Å². The molecule has 0 bridgehead atoms. The molecule has 164 valence electrons. The molecule has 7 nitrogen and oxygen atoms in total. The fraction of sp³-hybridized carbons (Fsp3) is 0.238. The number of rotatable bonds is 6. The highest BCUT2D eigenvalue weighted by molar-refractivity contribution is 5.74. The lowest BCUT2D eigenvalue weighted by atomic mass is 9.96. The zero-order valence-corrected chi connectivity index (χ0v) is 17.0. The Labute approximate surface area is 176 Å². The second kappa shape index (κ2) is 8.58. The Kier molecular flexibility index (Phi) is 6.09. The van der Waals surface area contributed by atoms with Crippen LogP contribution in [0.2, 0.25) is 0 Å². The van der Waals surface area contributed by atoms with Gasteiger partial charge in [0.2, 0.25) is 5.95 Å². The maximum Gasteiger partial charge on any atom is 0.573 e. The first-order valence-corrected chi connectivity index (χ1v) is 9.21. The summed E-state index contributed by atoms with van der Waals surface area (Å²) in [7, 11) is 1.51. The highest BCUT2D eigenvalue weighted by atomic mass is 19.4. The Bertz CT molecular complexity index is 1070. The number of benzene rings is 2. The number of anilines is 2. The number of methoxy groups -OCH3 is 1. The van der Waals surface area contributed by atoms with E-state index in [4.69, 9.17) is 20.9 Å². The van der Waals surface area contributed by atoms with E-state index in [0.717, 1.165) is 5.56 Å². The van der Waals surface area contributed by atoms with Gasteiger partial charge < -0.3 is 25.7 Å². The molecule has 0 aliphatic heterocycles. The molecule has 0 atom stereocenters. The van der Waals surface area contributed by atoms with Crippen LogP contribution in [0.25, 0.3) is 11.1 Å². The Morgan fingerprint density at radius 3 is 2.19 bits per heavy atom. The van der Waals surface area contributed by atoms with Gasteiger partial charge in [-0.25, -0.2) is 4.98 Å². The summed E-state index contributed by atoms with van der Waals surface area (Å²) in [5.41, 5.74) is 13.5. The first-order chi connectivity index (χ1) is 14.6. The number of halogens is 3. The van der Waals surface area contributed by atoms with Crippen molar-refractivity contribution in [2.24, 2.45) is 0 Å². The lowest BCUT2D eigenvalue weighted by Gasteiger charge is -2.19. The zero-order chi connectivity index (χ0) is 22.8. The van der Waals surface area contributed by atoms with Crippen molar-refractivity contribution < 1.29 is 27.4 Å². The molecule has 0 saturated carbocycles. The summed E-state index contributed by atoms with van der Waals surface area (Å²) in [6.45, 7) is 3.96. The molecule has 4 N–H and O–H groups in total. The van der Waals surface area contributed by atoms with Gasteiger partial charge in [-0.15, -0.1) is 13.2 Å². The van der Waals surface area contributed by atoms with E-state index in [1.165, 1.54) is 37.6 Å². The predicted molar refractivity (Wildman–Crippen MR) is 110 cm³/mol. The molecule has 1 aromatic heterocycles. The Hall–Kier alpha value is -3.69. The van der Waals surface area contributed by atoms with Gasteiger partial charge in [-0.1, -0.05) is 26.0 Å². The topological polar surface area (TPSA) is 106 Å². The molecule has 0 radical (unpaired) electrons. The third kappa shape index (κ3) is 5.27. The molecule has 0 unspecified atom stereocenters. The van der Waals surface area contributed by atoms with Gasteiger partial charge in [0.25, 0.3) is 0 Å². The quantitative estimate of drug-likeness (QED) is 0.554. The minimum Gasteiger partial charge on any atom is -0.496 e. The average Bonchev–Trinajstić information content (AvgIpc) is 2.69. The van der Waals surface area contributed by atoms with Crippen LogP contribution in [-0.4, -0.2) is 23.4 Å². The lowest BCUT2D eigenvalue weighted by Crippen LogP contribution is -2.16. The van der Waals surface area contributed by atoms with Crippen LogP contribution in [-0.2, 0) is 0 Å². The van der Waals surface area contributed by atoms with E-state index in [2.05, 4.69) is 14.7 Å². The maximum absolute atomic E-state index is 12.4. The van der Waals surface area contributed by atoms with Crippen molar-refractivity contribution in [2.75, 3.05) is 18.6 Å². The summed E-state index contributed by atoms with van der Waals surface area (Å²) in [6, 6.07) is 8.99. The van der Waals surface area contributed by atoms with Gasteiger partial charge in [0.15, 0.2) is 11.6 Å². The summed E-state index contributed by atoms with van der Waals surface area (Å²) in [6.07, 6.45) is -3.39. The van der Waals surface area contributed by atoms with Crippen LogP contribution in [0, 0.1) is 0 Å². The molecule has 2 aromatic carbocycles. The highest BCUT2D eigenvalue weighted by Crippen LogP contribution is 2.41. The molecule has 0 aliphatic rings. The largest absolute Gasteiger partial charge is 0.573 e. The molecule has 10 heteroatoms. The number of alkyl halides is 3. The highest BCUT2D eigenvalue weighted by Gasteiger charge is 2.31. The molecular formula is C21H21F3N4O3. The van der Waals surface area contributed by atoms with Crippen molar-refractivity contribution in [3.05, 3.63) is 48.2 Å². The van der Waals surface area contributed by atoms with E-state index in [9.17, 15) is 13.2 Å². The monoisotopic (exact) mass is 434 g/mol. The fourth-order valence-electron chi connectivity index (χ4n) is 2.94. The average molecular weight is 434 g/mol. The normalized spacial score (nSPS) is 11.5. The van der Waals surface area contributed by atoms with Gasteiger partial charge in [-0.05, 0) is 35.7 Å². The zero-order valence-electron chi connectivity index (χ0n) is 17.0. The summed E-state index contributed by atoms with van der Waals surface area (Å²) >= 11 is 0. The number of nitrogen functional groups attached to an aromatic ring is 2. The predicted octanol–water partition coefficient (Wildman–Crippen LogP) is 5.13. The number of hydrogen-bond acceptors (Lipinski definition) is 7. The molecule has 0 saturated heterocycles. The minimum atomic E-state index is -4.76. The van der Waals surface area contributed by atoms with Crippen LogP contribution >= 0.6 is 0 Å². The second-order valence-corrected chi connectivity index (χ2v) is 6.90. The van der Waals surface area contributed by atoms with E-state index >= 15 is 0 Å². The third-order valence-corrected chi connectivity index (χ3v) is 4.37. The van der Waals surface area contributed by atoms with E-state index in [1.807, 2.05) is 19.9 Å². The van der Waals surface area contributed by atoms with Crippen LogP contribution in [0.15, 0.2) is 42.6 Å². The molecule has 3 rings (SSSR count). The van der Waals surface area contributed by atoms with Crippen molar-refractivity contribution in [3.8, 4) is 34.1 Å². The van der Waals surface area contributed by atoms with E-state index in [-0.39, 0.29) is 29.2 Å². The van der Waals surface area contributed by atoms with Crippen molar-refractivity contribution in [1.82, 2.24) is 9.97 Å². The van der Waals surface area contributed by atoms with Gasteiger partial charge in [-0.2, -0.15) is 4.98 Å². The number of aromatic nitrogens is 2. The minimum absolute atomic E-state index is 0.0190. The molecular weight excluding hydrogens is 413 g/mol. The van der Waals surface area contributed by atoms with Crippen molar-refractivity contribution in [2.45, 2.75) is 26.1 Å². The standard InChI is InChI=1S/C21H21F3N4O3/c1-11(2)14-8-16(29-3)15(12-4-6-13(7-5-12)31-21(22,23)24)9-17(14)30-18-10-27-20(26)28-19(18)25/h4-11H,1-3H3,(H4,25,26,27,28). The lowest BCUT2D eigenvalue weighted by molar-refractivity contribution is -0.274. The first kappa shape index (κ1) is 22.0. The van der Waals surface area contributed by atoms with Crippen LogP contribution in [0.4, 0.5) is 24.9 Å². The number of nitrogens with two attached hydrogens (primary N) is 2. The van der Waals surface area contributed by atoms with Crippen LogP contribution in [0.5, 0.6) is 23.0 Å². The van der Waals surface area contributed by atoms with Gasteiger partial charge >= 0.3 is 6.36 Å². The van der Waals surface area contributed by atoms with Crippen LogP contribution in [0.3, 0.4) is 0 Å². The summed E-state index contributed by atoms with van der Waals surface area (Å²) in [5, 5.41) is 0. The molecule has 0 aliphatic carbocycles. The molecule has 0 amide bonds. The third-order valence-electron chi connectivity index (χ3n) is 4.37. The number of ether oxygens (including phenoxy) is 3. The summed E-state index contributed by atoms with van der Waals surface area (Å²) < 4.78 is 52.7. The second-order valence-electron chi connectivity index (χ2n) is 6.90. The first-order valence-electron chi connectivity index (χ1n) is 9.21. The molecule has 1 heterocycles. The molecule has 3 aromatic rings. The Morgan fingerprint density at radius 2 is 1.65 bits per heavy atom. The van der Waals surface area contributed by atoms with E-state index < -0.39 is 6.36 Å². The SMILES string of the molecule is COc1cc(C(C)C)c(Oc2cnc(N)nc2N)cc1-c1ccc(OC(F)(F)F)cc1. The molecule has 0 spiro atoms. The Balaban J connectivity index is 2.05. The summed E-state index contributed by atoms with van der Waals surface area (Å²) in [4.78, 5) is 7.78. The smallest absolute Gasteiger partial charge is 0.496 e. The maximum atomic E-state index is 12.4. The van der Waals surface area contributed by atoms with Crippen molar-refractivity contribution >= 4 is 11.8 Å². The molecule has 0 fully saturated rings. The Morgan fingerprint density at radius 1 is 0.968 bits per heavy atom. The van der Waals surface area contributed by atoms with Crippen molar-refractivity contribution in [3.63, 3.8) is 0 Å². The van der Waals surface area contributed by atoms with E-state index in [0.29, 0.717) is 22.6 Å². The summed E-state index contributed by atoms with van der Waals surface area (Å²) in [5.74, 6) is 1.07. The number of hydrogen-bond donors (Lipinski definition) is 2. The van der Waals surface area contributed by atoms with Gasteiger partial charge in [-0.3, -0.25) is 0 Å². The number of nitrogens with zero attached hydrogens (tertiary/aromatic N) is 2. The van der Waals surface area contributed by atoms with Crippen molar-refractivity contribution in [1.29, 1.82) is 0 Å². The van der Waals surface area contributed by atoms with Crippen LogP contribution < -0.4 is 25.7 Å². The van der Waals surface area contributed by atoms with Gasteiger partial charge in [0.1, 0.15) is 17.2 Å². The molecule has 31 heavy (non-hydrogen) atoms. The van der Waals surface area contributed by atoms with E-state index in [1.54, 1.807) is 6.07 Å².